The van der Waals surface area contributed by atoms with Gasteiger partial charge in [0.25, 0.3) is 0 Å². The summed E-state index contributed by atoms with van der Waals surface area (Å²) in [7, 11) is 0. The standard InChI is InChI=1S/C14H18N2O3/c15-6-2-3-10-9-16(7-8-17)13-11(10)4-1-5-12(13)14(18)19/h1,4-5,9,17H,2-3,6-8,15H2,(H,18,19). The number of para-hydroxylation sites is 1. The van der Waals surface area contributed by atoms with Crippen molar-refractivity contribution < 1.29 is 15.0 Å². The molecule has 0 atom stereocenters. The van der Waals surface area contributed by atoms with Crippen molar-refractivity contribution >= 4 is 16.9 Å². The van der Waals surface area contributed by atoms with Gasteiger partial charge in [-0.25, -0.2) is 4.79 Å². The molecule has 0 spiro atoms. The number of aliphatic hydroxyl groups is 1. The average Bonchev–Trinajstić information content (AvgIpc) is 2.75. The number of carboxylic acid groups (broad SMARTS) is 1. The topological polar surface area (TPSA) is 88.5 Å². The molecule has 0 amide bonds. The highest BCUT2D eigenvalue weighted by molar-refractivity contribution is 6.03. The number of hydrogen-bond acceptors (Lipinski definition) is 3. The molecule has 102 valence electrons. The third-order valence-corrected chi connectivity index (χ3v) is 3.20. The summed E-state index contributed by atoms with van der Waals surface area (Å²) in [6, 6.07) is 5.26. The largest absolute Gasteiger partial charge is 0.478 e. The molecule has 1 aromatic heterocycles. The van der Waals surface area contributed by atoms with Crippen LogP contribution in [0.1, 0.15) is 22.3 Å². The molecular formula is C14H18N2O3. The summed E-state index contributed by atoms with van der Waals surface area (Å²) in [5, 5.41) is 19.3. The Labute approximate surface area is 111 Å². The van der Waals surface area contributed by atoms with Crippen molar-refractivity contribution in [3.63, 3.8) is 0 Å². The SMILES string of the molecule is NCCCc1cn(CCO)c2c(C(=O)O)cccc12. The molecule has 0 saturated carbocycles. The van der Waals surface area contributed by atoms with Crippen LogP contribution in [0.5, 0.6) is 0 Å². The number of hydrogen-bond donors (Lipinski definition) is 3. The molecule has 2 aromatic rings. The molecular weight excluding hydrogens is 244 g/mol. The van der Waals surface area contributed by atoms with E-state index in [0.29, 0.717) is 18.6 Å². The monoisotopic (exact) mass is 262 g/mol. The van der Waals surface area contributed by atoms with Crippen LogP contribution < -0.4 is 5.73 Å². The van der Waals surface area contributed by atoms with E-state index in [1.165, 1.54) is 0 Å². The second-order valence-electron chi connectivity index (χ2n) is 4.47. The van der Waals surface area contributed by atoms with Gasteiger partial charge in [0.15, 0.2) is 0 Å². The highest BCUT2D eigenvalue weighted by Gasteiger charge is 2.15. The van der Waals surface area contributed by atoms with Gasteiger partial charge in [-0.15, -0.1) is 0 Å². The molecule has 0 bridgehead atoms. The Kier molecular flexibility index (Phi) is 4.19. The van der Waals surface area contributed by atoms with Gasteiger partial charge in [0, 0.05) is 18.1 Å². The fourth-order valence-corrected chi connectivity index (χ4v) is 2.38. The van der Waals surface area contributed by atoms with E-state index in [9.17, 15) is 9.90 Å². The van der Waals surface area contributed by atoms with Crippen molar-refractivity contribution in [3.8, 4) is 0 Å². The minimum atomic E-state index is -0.951. The predicted molar refractivity (Wildman–Crippen MR) is 73.4 cm³/mol. The number of carboxylic acids is 1. The molecule has 0 saturated heterocycles. The number of fused-ring (bicyclic) bond motifs is 1. The Morgan fingerprint density at radius 1 is 1.37 bits per heavy atom. The van der Waals surface area contributed by atoms with Crippen LogP contribution in [-0.4, -0.2) is 33.9 Å². The highest BCUT2D eigenvalue weighted by atomic mass is 16.4. The molecule has 0 radical (unpaired) electrons. The molecule has 5 heteroatoms. The third-order valence-electron chi connectivity index (χ3n) is 3.20. The lowest BCUT2D eigenvalue weighted by Gasteiger charge is -2.05. The first-order valence-corrected chi connectivity index (χ1v) is 6.34. The van der Waals surface area contributed by atoms with Crippen LogP contribution in [0.4, 0.5) is 0 Å². The zero-order chi connectivity index (χ0) is 13.8. The van der Waals surface area contributed by atoms with Crippen molar-refractivity contribution in [3.05, 3.63) is 35.5 Å². The second kappa shape index (κ2) is 5.86. The minimum Gasteiger partial charge on any atom is -0.478 e. The van der Waals surface area contributed by atoms with Crippen molar-refractivity contribution in [1.82, 2.24) is 4.57 Å². The fraction of sp³-hybridized carbons (Fsp3) is 0.357. The summed E-state index contributed by atoms with van der Waals surface area (Å²) in [5.41, 5.74) is 7.55. The van der Waals surface area contributed by atoms with Crippen LogP contribution in [0, 0.1) is 0 Å². The van der Waals surface area contributed by atoms with Gasteiger partial charge in [-0.05, 0) is 31.0 Å². The van der Waals surface area contributed by atoms with E-state index < -0.39 is 5.97 Å². The Morgan fingerprint density at radius 3 is 2.79 bits per heavy atom. The van der Waals surface area contributed by atoms with Gasteiger partial charge in [-0.2, -0.15) is 0 Å². The Bertz CT molecular complexity index is 590. The van der Waals surface area contributed by atoms with Gasteiger partial charge >= 0.3 is 5.97 Å². The Morgan fingerprint density at radius 2 is 2.16 bits per heavy atom. The zero-order valence-corrected chi connectivity index (χ0v) is 10.7. The van der Waals surface area contributed by atoms with Crippen LogP contribution in [0.3, 0.4) is 0 Å². The Hall–Kier alpha value is -1.85. The first-order chi connectivity index (χ1) is 9.19. The first-order valence-electron chi connectivity index (χ1n) is 6.34. The van der Waals surface area contributed by atoms with Gasteiger partial charge in [0.2, 0.25) is 0 Å². The van der Waals surface area contributed by atoms with Crippen LogP contribution in [0.25, 0.3) is 10.9 Å². The normalized spacial score (nSPS) is 11.1. The van der Waals surface area contributed by atoms with Crippen LogP contribution in [0.15, 0.2) is 24.4 Å². The molecule has 1 heterocycles. The Balaban J connectivity index is 2.60. The summed E-state index contributed by atoms with van der Waals surface area (Å²) in [4.78, 5) is 11.3. The number of benzene rings is 1. The summed E-state index contributed by atoms with van der Waals surface area (Å²) >= 11 is 0. The first kappa shape index (κ1) is 13.6. The van der Waals surface area contributed by atoms with Crippen LogP contribution in [0.2, 0.25) is 0 Å². The molecule has 1 aromatic carbocycles. The van der Waals surface area contributed by atoms with Crippen LogP contribution in [-0.2, 0) is 13.0 Å². The van der Waals surface area contributed by atoms with E-state index in [2.05, 4.69) is 0 Å². The molecule has 0 aliphatic rings. The molecule has 0 unspecified atom stereocenters. The number of aryl methyl sites for hydroxylation is 1. The predicted octanol–water partition coefficient (Wildman–Crippen LogP) is 1.22. The van der Waals surface area contributed by atoms with Gasteiger partial charge in [0.05, 0.1) is 17.7 Å². The minimum absolute atomic E-state index is 0.0198. The fourth-order valence-electron chi connectivity index (χ4n) is 2.38. The van der Waals surface area contributed by atoms with E-state index in [-0.39, 0.29) is 12.2 Å². The van der Waals surface area contributed by atoms with Crippen molar-refractivity contribution in [2.75, 3.05) is 13.2 Å². The van der Waals surface area contributed by atoms with E-state index in [1.54, 1.807) is 12.1 Å². The maximum atomic E-state index is 11.3. The molecule has 0 aliphatic heterocycles. The number of nitrogens with two attached hydrogens (primary N) is 1. The van der Waals surface area contributed by atoms with E-state index in [1.807, 2.05) is 16.8 Å². The molecule has 5 nitrogen and oxygen atoms in total. The average molecular weight is 262 g/mol. The lowest BCUT2D eigenvalue weighted by atomic mass is 10.1. The smallest absolute Gasteiger partial charge is 0.337 e. The van der Waals surface area contributed by atoms with Crippen molar-refractivity contribution in [2.24, 2.45) is 5.73 Å². The van der Waals surface area contributed by atoms with Gasteiger partial charge in [0.1, 0.15) is 0 Å². The third kappa shape index (κ3) is 2.62. The van der Waals surface area contributed by atoms with Gasteiger partial charge < -0.3 is 20.5 Å². The number of carbonyl (C=O) groups is 1. The van der Waals surface area contributed by atoms with Gasteiger partial charge in [-0.3, -0.25) is 0 Å². The lowest BCUT2D eigenvalue weighted by molar-refractivity contribution is 0.0698. The summed E-state index contributed by atoms with van der Waals surface area (Å²) in [5.74, 6) is -0.951. The van der Waals surface area contributed by atoms with E-state index >= 15 is 0 Å². The number of aliphatic hydroxyl groups excluding tert-OH is 1. The number of aromatic nitrogens is 1. The molecule has 19 heavy (non-hydrogen) atoms. The zero-order valence-electron chi connectivity index (χ0n) is 10.7. The molecule has 4 N–H and O–H groups in total. The van der Waals surface area contributed by atoms with Crippen LogP contribution >= 0.6 is 0 Å². The second-order valence-corrected chi connectivity index (χ2v) is 4.47. The summed E-state index contributed by atoms with van der Waals surface area (Å²) < 4.78 is 1.81. The molecule has 2 rings (SSSR count). The molecule has 0 aliphatic carbocycles. The maximum absolute atomic E-state index is 11.3. The quantitative estimate of drug-likeness (QED) is 0.730. The van der Waals surface area contributed by atoms with E-state index in [4.69, 9.17) is 10.8 Å². The summed E-state index contributed by atoms with van der Waals surface area (Å²) in [6.07, 6.45) is 3.59. The lowest BCUT2D eigenvalue weighted by Crippen LogP contribution is -2.05. The van der Waals surface area contributed by atoms with Crippen molar-refractivity contribution in [1.29, 1.82) is 0 Å². The molecule has 0 fully saturated rings. The summed E-state index contributed by atoms with van der Waals surface area (Å²) in [6.45, 7) is 0.975. The number of rotatable bonds is 6. The highest BCUT2D eigenvalue weighted by Crippen LogP contribution is 2.26. The van der Waals surface area contributed by atoms with Crippen molar-refractivity contribution in [2.45, 2.75) is 19.4 Å². The van der Waals surface area contributed by atoms with Gasteiger partial charge in [-0.1, -0.05) is 12.1 Å². The van der Waals surface area contributed by atoms with E-state index in [0.717, 1.165) is 23.8 Å². The number of aromatic carboxylic acids is 1. The maximum Gasteiger partial charge on any atom is 0.337 e. The number of nitrogens with zero attached hydrogens (tertiary/aromatic N) is 1.